The van der Waals surface area contributed by atoms with Gasteiger partial charge in [0.25, 0.3) is 5.91 Å². The van der Waals surface area contributed by atoms with E-state index in [1.807, 2.05) is 0 Å². The molecule has 1 N–H and O–H groups in total. The highest BCUT2D eigenvalue weighted by atomic mass is 16.5. The topological polar surface area (TPSA) is 68.3 Å². The van der Waals surface area contributed by atoms with E-state index >= 15 is 0 Å². The fourth-order valence-corrected chi connectivity index (χ4v) is 0.992. The Morgan fingerprint density at radius 1 is 1.60 bits per heavy atom. The smallest absolute Gasteiger partial charge is 0.260 e. The average molecular weight is 208 g/mol. The molecule has 0 aliphatic carbocycles. The van der Waals surface area contributed by atoms with Gasteiger partial charge in [-0.25, -0.2) is 4.98 Å². The van der Waals surface area contributed by atoms with Crippen molar-refractivity contribution in [1.29, 1.82) is 0 Å². The van der Waals surface area contributed by atoms with Gasteiger partial charge in [-0.3, -0.25) is 9.59 Å². The molecule has 0 aliphatic rings. The van der Waals surface area contributed by atoms with E-state index in [-0.39, 0.29) is 5.91 Å². The molecule has 0 saturated heterocycles. The van der Waals surface area contributed by atoms with Crippen molar-refractivity contribution < 1.29 is 14.3 Å². The molecule has 15 heavy (non-hydrogen) atoms. The Bertz CT molecular complexity index is 348. The summed E-state index contributed by atoms with van der Waals surface area (Å²) in [6.45, 7) is 1.63. The summed E-state index contributed by atoms with van der Waals surface area (Å²) in [6.07, 6.45) is 1.47. The molecule has 0 bridgehead atoms. The van der Waals surface area contributed by atoms with Crippen molar-refractivity contribution in [3.63, 3.8) is 0 Å². The summed E-state index contributed by atoms with van der Waals surface area (Å²) in [5, 5.41) is 2.47. The van der Waals surface area contributed by atoms with Gasteiger partial charge >= 0.3 is 0 Å². The monoisotopic (exact) mass is 208 g/mol. The Labute approximate surface area is 87.5 Å². The number of pyridine rings is 1. The number of amides is 1. The lowest BCUT2D eigenvalue weighted by Crippen LogP contribution is -2.33. The zero-order chi connectivity index (χ0) is 11.3. The summed E-state index contributed by atoms with van der Waals surface area (Å²) >= 11 is 0. The molecule has 1 unspecified atom stereocenters. The Morgan fingerprint density at radius 2 is 2.33 bits per heavy atom. The van der Waals surface area contributed by atoms with Crippen LogP contribution in [0.2, 0.25) is 0 Å². The minimum atomic E-state index is -0.584. The van der Waals surface area contributed by atoms with Gasteiger partial charge in [0.05, 0.1) is 6.20 Å². The minimum absolute atomic E-state index is 0.213. The Balaban J connectivity index is 2.64. The minimum Gasteiger partial charge on any atom is -0.479 e. The molecule has 1 rings (SSSR count). The molecule has 5 nitrogen and oxygen atoms in total. The number of rotatable bonds is 4. The van der Waals surface area contributed by atoms with Crippen molar-refractivity contribution in [2.24, 2.45) is 0 Å². The van der Waals surface area contributed by atoms with Crippen LogP contribution < -0.4 is 10.1 Å². The summed E-state index contributed by atoms with van der Waals surface area (Å²) in [7, 11) is 1.54. The third-order valence-electron chi connectivity index (χ3n) is 1.81. The van der Waals surface area contributed by atoms with Gasteiger partial charge in [-0.05, 0) is 19.1 Å². The van der Waals surface area contributed by atoms with Crippen molar-refractivity contribution in [3.8, 4) is 5.75 Å². The standard InChI is InChI=1S/C10H12N2O3/c1-7(10(14)11-2)15-9-4-3-8(6-13)12-5-9/h3-7H,1-2H3,(H,11,14). The maximum Gasteiger partial charge on any atom is 0.260 e. The summed E-state index contributed by atoms with van der Waals surface area (Å²) in [5.74, 6) is 0.242. The first-order valence-electron chi connectivity index (χ1n) is 4.47. The first kappa shape index (κ1) is 11.2. The van der Waals surface area contributed by atoms with Gasteiger partial charge in [0.2, 0.25) is 0 Å². The summed E-state index contributed by atoms with van der Waals surface area (Å²) in [4.78, 5) is 25.3. The van der Waals surface area contributed by atoms with E-state index < -0.39 is 6.10 Å². The van der Waals surface area contributed by atoms with Crippen LogP contribution in [0.1, 0.15) is 17.4 Å². The van der Waals surface area contributed by atoms with Crippen molar-refractivity contribution in [1.82, 2.24) is 10.3 Å². The molecular weight excluding hydrogens is 196 g/mol. The molecule has 0 aromatic carbocycles. The Kier molecular flexibility index (Phi) is 3.79. The van der Waals surface area contributed by atoms with Crippen LogP contribution in [0, 0.1) is 0 Å². The molecule has 1 amide bonds. The van der Waals surface area contributed by atoms with Crippen LogP contribution in [0.4, 0.5) is 0 Å². The van der Waals surface area contributed by atoms with Crippen LogP contribution in [-0.4, -0.2) is 30.3 Å². The largest absolute Gasteiger partial charge is 0.479 e. The number of hydrogen-bond acceptors (Lipinski definition) is 4. The van der Waals surface area contributed by atoms with E-state index in [9.17, 15) is 9.59 Å². The second-order valence-electron chi connectivity index (χ2n) is 2.91. The zero-order valence-corrected chi connectivity index (χ0v) is 8.56. The van der Waals surface area contributed by atoms with Crippen LogP contribution in [0.3, 0.4) is 0 Å². The van der Waals surface area contributed by atoms with Gasteiger partial charge in [0.1, 0.15) is 11.4 Å². The van der Waals surface area contributed by atoms with E-state index in [0.29, 0.717) is 17.7 Å². The molecule has 80 valence electrons. The second-order valence-corrected chi connectivity index (χ2v) is 2.91. The lowest BCUT2D eigenvalue weighted by atomic mass is 10.3. The van der Waals surface area contributed by atoms with Crippen LogP contribution in [0.25, 0.3) is 0 Å². The molecule has 0 fully saturated rings. The van der Waals surface area contributed by atoms with Gasteiger partial charge in [0.15, 0.2) is 12.4 Å². The average Bonchev–Trinajstić information content (AvgIpc) is 2.29. The lowest BCUT2D eigenvalue weighted by Gasteiger charge is -2.12. The lowest BCUT2D eigenvalue weighted by molar-refractivity contribution is -0.126. The fourth-order valence-electron chi connectivity index (χ4n) is 0.992. The number of likely N-dealkylation sites (N-methyl/N-ethyl adjacent to an activating group) is 1. The molecule has 0 aliphatic heterocycles. The highest BCUT2D eigenvalue weighted by molar-refractivity contribution is 5.80. The van der Waals surface area contributed by atoms with Gasteiger partial charge in [-0.1, -0.05) is 0 Å². The summed E-state index contributed by atoms with van der Waals surface area (Å²) in [5.41, 5.74) is 0.329. The van der Waals surface area contributed by atoms with Gasteiger partial charge in [-0.2, -0.15) is 0 Å². The normalized spacial score (nSPS) is 11.6. The van der Waals surface area contributed by atoms with Crippen molar-refractivity contribution >= 4 is 12.2 Å². The maximum absolute atomic E-state index is 11.1. The number of carbonyl (C=O) groups is 2. The molecule has 0 spiro atoms. The first-order chi connectivity index (χ1) is 7.17. The SMILES string of the molecule is CNC(=O)C(C)Oc1ccc(C=O)nc1. The number of aldehydes is 1. The Morgan fingerprint density at radius 3 is 2.80 bits per heavy atom. The number of ether oxygens (including phenoxy) is 1. The van der Waals surface area contributed by atoms with Crippen LogP contribution >= 0.6 is 0 Å². The van der Waals surface area contributed by atoms with Crippen molar-refractivity contribution in [2.75, 3.05) is 7.05 Å². The van der Waals surface area contributed by atoms with Gasteiger partial charge < -0.3 is 10.1 Å². The molecule has 0 radical (unpaired) electrons. The van der Waals surface area contributed by atoms with Crippen LogP contribution in [0.5, 0.6) is 5.75 Å². The predicted octanol–water partition coefficient (Wildman–Crippen LogP) is 0.407. The number of carbonyl (C=O) groups excluding carboxylic acids is 2. The molecule has 1 heterocycles. The molecule has 5 heteroatoms. The van der Waals surface area contributed by atoms with Crippen LogP contribution in [0.15, 0.2) is 18.3 Å². The highest BCUT2D eigenvalue weighted by Crippen LogP contribution is 2.10. The third-order valence-corrected chi connectivity index (χ3v) is 1.81. The number of nitrogens with one attached hydrogen (secondary N) is 1. The van der Waals surface area contributed by atoms with E-state index in [2.05, 4.69) is 10.3 Å². The highest BCUT2D eigenvalue weighted by Gasteiger charge is 2.12. The second kappa shape index (κ2) is 5.09. The molecule has 1 atom stereocenters. The molecular formula is C10H12N2O3. The quantitative estimate of drug-likeness (QED) is 0.727. The van der Waals surface area contributed by atoms with E-state index in [0.717, 1.165) is 0 Å². The fraction of sp³-hybridized carbons (Fsp3) is 0.300. The zero-order valence-electron chi connectivity index (χ0n) is 8.56. The molecule has 1 aromatic heterocycles. The predicted molar refractivity (Wildman–Crippen MR) is 53.8 cm³/mol. The maximum atomic E-state index is 11.1. The van der Waals surface area contributed by atoms with E-state index in [4.69, 9.17) is 4.74 Å². The van der Waals surface area contributed by atoms with Crippen LogP contribution in [-0.2, 0) is 4.79 Å². The molecule has 0 saturated carbocycles. The number of nitrogens with zero attached hydrogens (tertiary/aromatic N) is 1. The summed E-state index contributed by atoms with van der Waals surface area (Å²) in [6, 6.07) is 3.12. The van der Waals surface area contributed by atoms with E-state index in [1.54, 1.807) is 13.0 Å². The van der Waals surface area contributed by atoms with Crippen molar-refractivity contribution in [3.05, 3.63) is 24.0 Å². The number of hydrogen-bond donors (Lipinski definition) is 1. The first-order valence-corrected chi connectivity index (χ1v) is 4.47. The Hall–Kier alpha value is -1.91. The van der Waals surface area contributed by atoms with Gasteiger partial charge in [-0.15, -0.1) is 0 Å². The van der Waals surface area contributed by atoms with E-state index in [1.165, 1.54) is 19.3 Å². The third kappa shape index (κ3) is 3.05. The van der Waals surface area contributed by atoms with Crippen molar-refractivity contribution in [2.45, 2.75) is 13.0 Å². The van der Waals surface area contributed by atoms with Gasteiger partial charge in [0, 0.05) is 7.05 Å². The number of aromatic nitrogens is 1. The molecule has 1 aromatic rings. The summed E-state index contributed by atoms with van der Waals surface area (Å²) < 4.78 is 5.28.